The van der Waals surface area contributed by atoms with Gasteiger partial charge in [-0.05, 0) is 65.0 Å². The lowest BCUT2D eigenvalue weighted by Crippen LogP contribution is -2.21. The SMILES string of the molecule is CC(C)(C)Cc1c[nH]c2ccccc12.CC(C)Cc1ccccc1.CC(CC1CCCCC1)C(C)(C)C. The molecule has 0 bridgehead atoms. The number of hydrogen-bond donors (Lipinski definition) is 1. The Morgan fingerprint density at radius 3 is 1.95 bits per heavy atom. The summed E-state index contributed by atoms with van der Waals surface area (Å²) in [6.45, 7) is 20.9. The lowest BCUT2D eigenvalue weighted by Gasteiger charge is -2.32. The second-order valence-electron chi connectivity index (χ2n) is 14.2. The molecule has 1 aliphatic rings. The van der Waals surface area contributed by atoms with Gasteiger partial charge in [-0.25, -0.2) is 0 Å². The summed E-state index contributed by atoms with van der Waals surface area (Å²) in [5.41, 5.74) is 4.97. The van der Waals surface area contributed by atoms with Crippen LogP contribution in [0.15, 0.2) is 60.8 Å². The maximum atomic E-state index is 3.31. The molecule has 1 fully saturated rings. The molecule has 1 aromatic heterocycles. The fourth-order valence-corrected chi connectivity index (χ4v) is 5.21. The highest BCUT2D eigenvalue weighted by Crippen LogP contribution is 2.36. The van der Waals surface area contributed by atoms with Gasteiger partial charge in [0.1, 0.15) is 0 Å². The van der Waals surface area contributed by atoms with Crippen LogP contribution in [0.3, 0.4) is 0 Å². The molecule has 0 spiro atoms. The standard InChI is InChI=1S/C13H17N.C13H26.C10H14/c1-13(2,3)8-10-9-14-12-7-5-4-6-11(10)12;1-11(13(2,3)4)10-12-8-6-5-7-9-12;1-9(2)8-10-6-4-3-5-7-10/h4-7,9,14H,8H2,1-3H3;11-12H,5-10H2,1-4H3;3-7,9H,8H2,1-2H3. The molecule has 0 saturated heterocycles. The fourth-order valence-electron chi connectivity index (χ4n) is 5.21. The van der Waals surface area contributed by atoms with E-state index >= 15 is 0 Å². The van der Waals surface area contributed by atoms with Crippen LogP contribution in [0.1, 0.15) is 112 Å². The van der Waals surface area contributed by atoms with E-state index in [1.165, 1.54) is 67.0 Å². The molecule has 1 saturated carbocycles. The maximum absolute atomic E-state index is 3.31. The minimum atomic E-state index is 0.352. The van der Waals surface area contributed by atoms with Crippen molar-refractivity contribution in [3.05, 3.63) is 71.9 Å². The molecular formula is C36H57N. The van der Waals surface area contributed by atoms with Crippen molar-refractivity contribution in [3.63, 3.8) is 0 Å². The van der Waals surface area contributed by atoms with Crippen LogP contribution in [0.25, 0.3) is 10.9 Å². The Morgan fingerprint density at radius 2 is 1.38 bits per heavy atom. The van der Waals surface area contributed by atoms with E-state index in [4.69, 9.17) is 0 Å². The van der Waals surface area contributed by atoms with E-state index in [0.717, 1.165) is 24.2 Å². The Bertz CT molecular complexity index is 990. The molecule has 1 unspecified atom stereocenters. The first-order valence-electron chi connectivity index (χ1n) is 14.9. The van der Waals surface area contributed by atoms with Gasteiger partial charge in [-0.3, -0.25) is 0 Å². The van der Waals surface area contributed by atoms with E-state index in [-0.39, 0.29) is 0 Å². The molecule has 1 aliphatic carbocycles. The third-order valence-corrected chi connectivity index (χ3v) is 7.77. The number of fused-ring (bicyclic) bond motifs is 1. The maximum Gasteiger partial charge on any atom is 0.0456 e. The van der Waals surface area contributed by atoms with Crippen molar-refractivity contribution in [2.75, 3.05) is 0 Å². The lowest BCUT2D eigenvalue weighted by atomic mass is 9.74. The zero-order chi connectivity index (χ0) is 27.5. The molecule has 1 heteroatoms. The number of H-pyrrole nitrogens is 1. The van der Waals surface area contributed by atoms with Crippen LogP contribution in [0.5, 0.6) is 0 Å². The average Bonchev–Trinajstić information content (AvgIpc) is 3.22. The van der Waals surface area contributed by atoms with Crippen LogP contribution in [0.2, 0.25) is 0 Å². The number of benzene rings is 2. The van der Waals surface area contributed by atoms with Gasteiger partial charge >= 0.3 is 0 Å². The summed E-state index contributed by atoms with van der Waals surface area (Å²) in [4.78, 5) is 3.31. The second-order valence-corrected chi connectivity index (χ2v) is 14.2. The summed E-state index contributed by atoms with van der Waals surface area (Å²) in [6, 6.07) is 19.1. The van der Waals surface area contributed by atoms with Gasteiger partial charge in [0, 0.05) is 17.1 Å². The molecule has 4 rings (SSSR count). The summed E-state index contributed by atoms with van der Waals surface area (Å²) in [5.74, 6) is 2.70. The third-order valence-electron chi connectivity index (χ3n) is 7.77. The molecule has 37 heavy (non-hydrogen) atoms. The van der Waals surface area contributed by atoms with E-state index in [2.05, 4.69) is 128 Å². The Morgan fingerprint density at radius 1 is 0.784 bits per heavy atom. The van der Waals surface area contributed by atoms with Crippen molar-refractivity contribution in [2.24, 2.45) is 28.6 Å². The smallest absolute Gasteiger partial charge is 0.0456 e. The van der Waals surface area contributed by atoms with Gasteiger partial charge in [0.15, 0.2) is 0 Å². The van der Waals surface area contributed by atoms with Crippen molar-refractivity contribution in [3.8, 4) is 0 Å². The minimum absolute atomic E-state index is 0.352. The molecule has 0 radical (unpaired) electrons. The predicted molar refractivity (Wildman–Crippen MR) is 166 cm³/mol. The van der Waals surface area contributed by atoms with Crippen molar-refractivity contribution in [1.29, 1.82) is 0 Å². The summed E-state index contributed by atoms with van der Waals surface area (Å²) in [7, 11) is 0. The van der Waals surface area contributed by atoms with Crippen LogP contribution in [0, 0.1) is 28.6 Å². The Labute approximate surface area is 229 Å². The number of nitrogens with one attached hydrogen (secondary N) is 1. The molecule has 206 valence electrons. The van der Waals surface area contributed by atoms with Crippen molar-refractivity contribution >= 4 is 10.9 Å². The van der Waals surface area contributed by atoms with Crippen LogP contribution < -0.4 is 0 Å². The predicted octanol–water partition coefficient (Wildman–Crippen LogP) is 11.3. The van der Waals surface area contributed by atoms with Gasteiger partial charge < -0.3 is 4.98 Å². The second kappa shape index (κ2) is 14.8. The number of para-hydroxylation sites is 1. The fraction of sp³-hybridized carbons (Fsp3) is 0.611. The van der Waals surface area contributed by atoms with E-state index < -0.39 is 0 Å². The van der Waals surface area contributed by atoms with Gasteiger partial charge in [0.25, 0.3) is 0 Å². The molecule has 2 aromatic carbocycles. The molecule has 1 atom stereocenters. The van der Waals surface area contributed by atoms with Crippen LogP contribution in [-0.4, -0.2) is 4.98 Å². The van der Waals surface area contributed by atoms with Gasteiger partial charge in [-0.1, -0.05) is 143 Å². The largest absolute Gasteiger partial charge is 0.361 e. The zero-order valence-electron chi connectivity index (χ0n) is 25.7. The summed E-state index contributed by atoms with van der Waals surface area (Å²) < 4.78 is 0. The average molecular weight is 504 g/mol. The van der Waals surface area contributed by atoms with E-state index in [0.29, 0.717) is 10.8 Å². The molecule has 0 aliphatic heterocycles. The number of rotatable bonds is 5. The molecule has 1 N–H and O–H groups in total. The van der Waals surface area contributed by atoms with Crippen LogP contribution in [0.4, 0.5) is 0 Å². The number of hydrogen-bond acceptors (Lipinski definition) is 0. The van der Waals surface area contributed by atoms with Gasteiger partial charge in [-0.2, -0.15) is 0 Å². The molecule has 3 aromatic rings. The topological polar surface area (TPSA) is 15.8 Å². The Balaban J connectivity index is 0.000000198. The van der Waals surface area contributed by atoms with Crippen LogP contribution in [-0.2, 0) is 12.8 Å². The third kappa shape index (κ3) is 12.4. The lowest BCUT2D eigenvalue weighted by molar-refractivity contribution is 0.191. The highest BCUT2D eigenvalue weighted by molar-refractivity contribution is 5.83. The Kier molecular flexibility index (Phi) is 12.5. The van der Waals surface area contributed by atoms with Crippen molar-refractivity contribution in [2.45, 2.75) is 114 Å². The van der Waals surface area contributed by atoms with E-state index in [9.17, 15) is 0 Å². The summed E-state index contributed by atoms with van der Waals surface area (Å²) in [5, 5.41) is 1.36. The van der Waals surface area contributed by atoms with Crippen molar-refractivity contribution < 1.29 is 0 Å². The van der Waals surface area contributed by atoms with E-state index in [1.807, 2.05) is 0 Å². The molecular weight excluding hydrogens is 446 g/mol. The Hall–Kier alpha value is -2.02. The van der Waals surface area contributed by atoms with E-state index in [1.54, 1.807) is 0 Å². The highest BCUT2D eigenvalue weighted by Gasteiger charge is 2.24. The zero-order valence-corrected chi connectivity index (χ0v) is 25.7. The first kappa shape index (κ1) is 31.2. The first-order valence-corrected chi connectivity index (χ1v) is 14.9. The summed E-state index contributed by atoms with van der Waals surface area (Å²) in [6.07, 6.45) is 13.4. The number of aromatic nitrogens is 1. The quantitative estimate of drug-likeness (QED) is 0.356. The van der Waals surface area contributed by atoms with Crippen LogP contribution >= 0.6 is 0 Å². The van der Waals surface area contributed by atoms with Gasteiger partial charge in [-0.15, -0.1) is 0 Å². The van der Waals surface area contributed by atoms with Gasteiger partial charge in [0.05, 0.1) is 0 Å². The molecule has 1 nitrogen and oxygen atoms in total. The van der Waals surface area contributed by atoms with Crippen molar-refractivity contribution in [1.82, 2.24) is 4.98 Å². The normalized spacial score (nSPS) is 15.5. The number of aromatic amines is 1. The minimum Gasteiger partial charge on any atom is -0.361 e. The highest BCUT2D eigenvalue weighted by atomic mass is 14.7. The molecule has 0 amide bonds. The summed E-state index contributed by atoms with van der Waals surface area (Å²) >= 11 is 0. The first-order chi connectivity index (χ1) is 17.3. The monoisotopic (exact) mass is 503 g/mol. The molecule has 1 heterocycles. The van der Waals surface area contributed by atoms with Gasteiger partial charge in [0.2, 0.25) is 0 Å².